The van der Waals surface area contributed by atoms with Crippen molar-refractivity contribution >= 4 is 28.1 Å². The van der Waals surface area contributed by atoms with Crippen molar-refractivity contribution in [3.8, 4) is 11.3 Å². The van der Waals surface area contributed by atoms with Gasteiger partial charge in [0.05, 0.1) is 17.1 Å². The van der Waals surface area contributed by atoms with E-state index in [0.717, 1.165) is 40.4 Å². The third-order valence-electron chi connectivity index (χ3n) is 4.24. The maximum Gasteiger partial charge on any atom is 0.0785 e. The lowest BCUT2D eigenvalue weighted by Crippen LogP contribution is -2.23. The van der Waals surface area contributed by atoms with Gasteiger partial charge in [0.2, 0.25) is 0 Å². The highest BCUT2D eigenvalue weighted by Crippen LogP contribution is 2.36. The predicted octanol–water partition coefficient (Wildman–Crippen LogP) is 5.71. The molecule has 0 aliphatic rings. The highest BCUT2D eigenvalue weighted by Gasteiger charge is 2.16. The van der Waals surface area contributed by atoms with Crippen molar-refractivity contribution in [1.29, 1.82) is 0 Å². The second-order valence-electron chi connectivity index (χ2n) is 5.62. The standard InChI is InChI=1S/C20H21ClN2/c1-4-23(5-2)20-14(3)22-19(15-9-7-6-8-10-15)18-13-16(21)11-12-17(18)20/h6-13H,4-5H2,1-3H3. The third kappa shape index (κ3) is 2.91. The summed E-state index contributed by atoms with van der Waals surface area (Å²) in [5.74, 6) is 0. The lowest BCUT2D eigenvalue weighted by Gasteiger charge is -2.25. The molecule has 0 atom stereocenters. The number of nitrogens with zero attached hydrogens (tertiary/aromatic N) is 2. The van der Waals surface area contributed by atoms with Crippen molar-refractivity contribution in [2.45, 2.75) is 20.8 Å². The van der Waals surface area contributed by atoms with E-state index in [2.05, 4.69) is 43.9 Å². The Labute approximate surface area is 142 Å². The summed E-state index contributed by atoms with van der Waals surface area (Å²) in [4.78, 5) is 7.28. The first-order valence-electron chi connectivity index (χ1n) is 8.06. The molecule has 23 heavy (non-hydrogen) atoms. The number of pyridine rings is 1. The topological polar surface area (TPSA) is 16.1 Å². The smallest absolute Gasteiger partial charge is 0.0785 e. The molecule has 0 fully saturated rings. The molecule has 3 rings (SSSR count). The Morgan fingerprint density at radius 3 is 2.30 bits per heavy atom. The van der Waals surface area contributed by atoms with Gasteiger partial charge in [-0.05, 0) is 32.9 Å². The van der Waals surface area contributed by atoms with E-state index in [1.165, 1.54) is 11.1 Å². The van der Waals surface area contributed by atoms with Crippen LogP contribution in [-0.2, 0) is 0 Å². The molecular formula is C20H21ClN2. The van der Waals surface area contributed by atoms with Crippen LogP contribution in [0.3, 0.4) is 0 Å². The fourth-order valence-electron chi connectivity index (χ4n) is 3.15. The van der Waals surface area contributed by atoms with E-state index in [-0.39, 0.29) is 0 Å². The maximum absolute atomic E-state index is 6.28. The number of anilines is 1. The number of aryl methyl sites for hydroxylation is 1. The molecule has 0 unspecified atom stereocenters. The van der Waals surface area contributed by atoms with Crippen LogP contribution < -0.4 is 4.90 Å². The molecule has 3 aromatic rings. The van der Waals surface area contributed by atoms with Crippen LogP contribution in [0.5, 0.6) is 0 Å². The van der Waals surface area contributed by atoms with Crippen LogP contribution in [0.1, 0.15) is 19.5 Å². The van der Waals surface area contributed by atoms with Crippen molar-refractivity contribution in [1.82, 2.24) is 4.98 Å². The van der Waals surface area contributed by atoms with Gasteiger partial charge in [0.15, 0.2) is 0 Å². The van der Waals surface area contributed by atoms with E-state index in [9.17, 15) is 0 Å². The van der Waals surface area contributed by atoms with Crippen molar-refractivity contribution in [2.24, 2.45) is 0 Å². The van der Waals surface area contributed by atoms with Gasteiger partial charge in [0.1, 0.15) is 0 Å². The zero-order chi connectivity index (χ0) is 16.4. The summed E-state index contributed by atoms with van der Waals surface area (Å²) in [5.41, 5.74) is 4.38. The van der Waals surface area contributed by atoms with Gasteiger partial charge in [-0.15, -0.1) is 0 Å². The summed E-state index contributed by atoms with van der Waals surface area (Å²) in [6.45, 7) is 8.36. The van der Waals surface area contributed by atoms with Gasteiger partial charge in [0.25, 0.3) is 0 Å². The normalized spacial score (nSPS) is 11.0. The minimum Gasteiger partial charge on any atom is -0.370 e. The lowest BCUT2D eigenvalue weighted by molar-refractivity contribution is 0.861. The van der Waals surface area contributed by atoms with Crippen LogP contribution in [0.25, 0.3) is 22.0 Å². The van der Waals surface area contributed by atoms with Gasteiger partial charge in [-0.2, -0.15) is 0 Å². The van der Waals surface area contributed by atoms with Gasteiger partial charge in [-0.1, -0.05) is 48.0 Å². The average Bonchev–Trinajstić information content (AvgIpc) is 2.58. The number of hydrogen-bond donors (Lipinski definition) is 0. The highest BCUT2D eigenvalue weighted by molar-refractivity contribution is 6.31. The van der Waals surface area contributed by atoms with Crippen LogP contribution in [0.4, 0.5) is 5.69 Å². The van der Waals surface area contributed by atoms with Gasteiger partial charge in [-0.25, -0.2) is 0 Å². The summed E-state index contributed by atoms with van der Waals surface area (Å²) in [6, 6.07) is 16.4. The Balaban J connectivity index is 2.36. The van der Waals surface area contributed by atoms with Gasteiger partial charge >= 0.3 is 0 Å². The van der Waals surface area contributed by atoms with Crippen LogP contribution in [0, 0.1) is 6.92 Å². The molecular weight excluding hydrogens is 304 g/mol. The van der Waals surface area contributed by atoms with E-state index in [1.54, 1.807) is 0 Å². The van der Waals surface area contributed by atoms with Crippen LogP contribution in [0.15, 0.2) is 48.5 Å². The summed E-state index contributed by atoms with van der Waals surface area (Å²) < 4.78 is 0. The Morgan fingerprint density at radius 1 is 0.957 bits per heavy atom. The highest BCUT2D eigenvalue weighted by atomic mass is 35.5. The van der Waals surface area contributed by atoms with Gasteiger partial charge in [0, 0.05) is 34.4 Å². The van der Waals surface area contributed by atoms with Crippen molar-refractivity contribution in [2.75, 3.05) is 18.0 Å². The lowest BCUT2D eigenvalue weighted by atomic mass is 10.0. The number of rotatable bonds is 4. The van der Waals surface area contributed by atoms with E-state index in [0.29, 0.717) is 0 Å². The fourth-order valence-corrected chi connectivity index (χ4v) is 3.32. The fraction of sp³-hybridized carbons (Fsp3) is 0.250. The molecule has 0 aliphatic carbocycles. The molecule has 1 aromatic heterocycles. The molecule has 0 bridgehead atoms. The van der Waals surface area contributed by atoms with Crippen molar-refractivity contribution in [3.63, 3.8) is 0 Å². The maximum atomic E-state index is 6.28. The Hall–Kier alpha value is -2.06. The molecule has 2 nitrogen and oxygen atoms in total. The Kier molecular flexibility index (Phi) is 4.53. The monoisotopic (exact) mass is 324 g/mol. The van der Waals surface area contributed by atoms with E-state index in [4.69, 9.17) is 16.6 Å². The minimum absolute atomic E-state index is 0.742. The summed E-state index contributed by atoms with van der Waals surface area (Å²) in [6.07, 6.45) is 0. The van der Waals surface area contributed by atoms with Crippen molar-refractivity contribution in [3.05, 3.63) is 59.2 Å². The minimum atomic E-state index is 0.742. The first-order valence-corrected chi connectivity index (χ1v) is 8.43. The van der Waals surface area contributed by atoms with Crippen LogP contribution >= 0.6 is 11.6 Å². The summed E-state index contributed by atoms with van der Waals surface area (Å²) in [5, 5.41) is 3.06. The van der Waals surface area contributed by atoms with Crippen molar-refractivity contribution < 1.29 is 0 Å². The third-order valence-corrected chi connectivity index (χ3v) is 4.48. The molecule has 2 aromatic carbocycles. The molecule has 0 saturated carbocycles. The van der Waals surface area contributed by atoms with Gasteiger partial charge < -0.3 is 4.90 Å². The molecule has 1 heterocycles. The Morgan fingerprint density at radius 2 is 1.65 bits per heavy atom. The first kappa shape index (κ1) is 15.8. The van der Waals surface area contributed by atoms with E-state index in [1.807, 2.05) is 30.3 Å². The zero-order valence-corrected chi connectivity index (χ0v) is 14.6. The van der Waals surface area contributed by atoms with E-state index >= 15 is 0 Å². The number of aromatic nitrogens is 1. The number of hydrogen-bond acceptors (Lipinski definition) is 2. The van der Waals surface area contributed by atoms with Gasteiger partial charge in [-0.3, -0.25) is 4.98 Å². The molecule has 0 aliphatic heterocycles. The largest absolute Gasteiger partial charge is 0.370 e. The molecule has 0 N–H and O–H groups in total. The zero-order valence-electron chi connectivity index (χ0n) is 13.8. The molecule has 0 amide bonds. The predicted molar refractivity (Wildman–Crippen MR) is 100 cm³/mol. The Bertz CT molecular complexity index is 824. The number of benzene rings is 2. The summed E-state index contributed by atoms with van der Waals surface area (Å²) >= 11 is 6.28. The molecule has 118 valence electrons. The molecule has 0 saturated heterocycles. The number of halogens is 1. The summed E-state index contributed by atoms with van der Waals surface area (Å²) in [7, 11) is 0. The number of fused-ring (bicyclic) bond motifs is 1. The first-order chi connectivity index (χ1) is 11.2. The van der Waals surface area contributed by atoms with Crippen LogP contribution in [0.2, 0.25) is 5.02 Å². The van der Waals surface area contributed by atoms with E-state index < -0.39 is 0 Å². The second kappa shape index (κ2) is 6.59. The quantitative estimate of drug-likeness (QED) is 0.611. The molecule has 0 radical (unpaired) electrons. The average molecular weight is 325 g/mol. The molecule has 0 spiro atoms. The SMILES string of the molecule is CCN(CC)c1c(C)nc(-c2ccccc2)c2cc(Cl)ccc12. The van der Waals surface area contributed by atoms with Crippen LogP contribution in [-0.4, -0.2) is 18.1 Å². The second-order valence-corrected chi connectivity index (χ2v) is 6.06. The molecule has 3 heteroatoms.